The second-order valence-electron chi connectivity index (χ2n) is 7.65. The molecule has 2 rings (SSSR count). The third kappa shape index (κ3) is 6.14. The molecule has 1 heterocycles. The molecule has 1 aromatic carbocycles. The summed E-state index contributed by atoms with van der Waals surface area (Å²) in [4.78, 5) is 25.8. The number of imide groups is 1. The van der Waals surface area contributed by atoms with Crippen LogP contribution >= 0.6 is 0 Å². The summed E-state index contributed by atoms with van der Waals surface area (Å²) in [6, 6.07) is 10.8. The molecular formula is C22H29N3O4. The fourth-order valence-electron chi connectivity index (χ4n) is 3.57. The third-order valence-electron chi connectivity index (χ3n) is 5.30. The predicted molar refractivity (Wildman–Crippen MR) is 106 cm³/mol. The number of unbranched alkanes of at least 4 members (excludes halogenated alkanes) is 4. The summed E-state index contributed by atoms with van der Waals surface area (Å²) in [6.45, 7) is 0.514. The number of likely N-dealkylation sites (N-methyl/N-ethyl adjacent to an activating group) is 1. The Morgan fingerprint density at radius 3 is 2.69 bits per heavy atom. The van der Waals surface area contributed by atoms with Crippen molar-refractivity contribution in [2.24, 2.45) is 0 Å². The van der Waals surface area contributed by atoms with E-state index in [-0.39, 0.29) is 6.54 Å². The lowest BCUT2D eigenvalue weighted by Crippen LogP contribution is -2.58. The van der Waals surface area contributed by atoms with Crippen LogP contribution in [0.2, 0.25) is 0 Å². The fourth-order valence-corrected chi connectivity index (χ4v) is 3.57. The maximum absolute atomic E-state index is 12.7. The Morgan fingerprint density at radius 2 is 2.03 bits per heavy atom. The van der Waals surface area contributed by atoms with Gasteiger partial charge < -0.3 is 15.0 Å². The Labute approximate surface area is 172 Å². The molecule has 1 aromatic rings. The number of carbonyl (C=O) groups excluding carboxylic acids is 2. The van der Waals surface area contributed by atoms with Crippen molar-refractivity contribution in [3.63, 3.8) is 0 Å². The first kappa shape index (κ1) is 22.6. The molecule has 2 unspecified atom stereocenters. The molecule has 0 radical (unpaired) electrons. The van der Waals surface area contributed by atoms with E-state index in [1.54, 1.807) is 17.1 Å². The van der Waals surface area contributed by atoms with Crippen LogP contribution in [0, 0.1) is 11.3 Å². The second-order valence-corrected chi connectivity index (χ2v) is 7.65. The molecule has 1 aliphatic rings. The van der Waals surface area contributed by atoms with E-state index in [0.29, 0.717) is 19.4 Å². The van der Waals surface area contributed by atoms with Gasteiger partial charge in [-0.25, -0.2) is 4.79 Å². The van der Waals surface area contributed by atoms with Gasteiger partial charge in [0, 0.05) is 19.4 Å². The van der Waals surface area contributed by atoms with Crippen LogP contribution < -0.4 is 5.11 Å². The van der Waals surface area contributed by atoms with Gasteiger partial charge in [-0.3, -0.25) is 4.90 Å². The van der Waals surface area contributed by atoms with Gasteiger partial charge >= 0.3 is 6.03 Å². The molecule has 0 aromatic heterocycles. The number of urea groups is 1. The molecule has 1 saturated heterocycles. The molecular weight excluding hydrogens is 370 g/mol. The standard InChI is InChI=1S/C22H29N3O4/c1-25(22(28)29)17-19(12-13-20(26)16-18-10-6-5-7-11-18)24(21(25)27)15-9-4-2-3-8-14-23/h5-7,10-13,19-20,26H,2-4,8-9,15-17H2,1H3/b13-12+/t19-,20?,25?/m0/s1. The van der Waals surface area contributed by atoms with Crippen molar-refractivity contribution in [2.75, 3.05) is 20.1 Å². The Bertz CT molecular complexity index is 759. The molecule has 7 nitrogen and oxygen atoms in total. The van der Waals surface area contributed by atoms with Crippen molar-refractivity contribution in [2.45, 2.75) is 50.7 Å². The number of nitrogens with zero attached hydrogens (tertiary/aromatic N) is 3. The van der Waals surface area contributed by atoms with E-state index in [9.17, 15) is 19.8 Å². The minimum Gasteiger partial charge on any atom is -0.498 e. The van der Waals surface area contributed by atoms with Gasteiger partial charge in [0.2, 0.25) is 0 Å². The predicted octanol–water partition coefficient (Wildman–Crippen LogP) is 2.21. The van der Waals surface area contributed by atoms with Crippen molar-refractivity contribution in [3.8, 4) is 6.07 Å². The zero-order chi connectivity index (χ0) is 21.3. The molecule has 7 heteroatoms. The second kappa shape index (κ2) is 10.7. The van der Waals surface area contributed by atoms with Crippen LogP contribution in [0.15, 0.2) is 42.5 Å². The lowest BCUT2D eigenvalue weighted by atomic mass is 10.1. The highest BCUT2D eigenvalue weighted by molar-refractivity contribution is 5.80. The van der Waals surface area contributed by atoms with Crippen molar-refractivity contribution in [1.82, 2.24) is 4.90 Å². The SMILES string of the molecule is C[N+]1(C(=O)[O-])C[C@H](/C=C/C(O)Cc2ccccc2)N(CCCCCCC#N)C1=O. The molecule has 29 heavy (non-hydrogen) atoms. The van der Waals surface area contributed by atoms with Crippen LogP contribution in [0.4, 0.5) is 9.59 Å². The lowest BCUT2D eigenvalue weighted by Gasteiger charge is -2.24. The molecule has 0 aliphatic carbocycles. The molecule has 3 amide bonds. The molecule has 1 fully saturated rings. The molecule has 0 spiro atoms. The Balaban J connectivity index is 2.00. The zero-order valence-electron chi connectivity index (χ0n) is 16.9. The monoisotopic (exact) mass is 399 g/mol. The number of quaternary nitrogens is 1. The first-order valence-electron chi connectivity index (χ1n) is 10.0. The average Bonchev–Trinajstić information content (AvgIpc) is 2.95. The van der Waals surface area contributed by atoms with Crippen molar-refractivity contribution in [3.05, 3.63) is 48.0 Å². The van der Waals surface area contributed by atoms with E-state index in [0.717, 1.165) is 31.2 Å². The van der Waals surface area contributed by atoms with Crippen molar-refractivity contribution in [1.29, 1.82) is 5.26 Å². The van der Waals surface area contributed by atoms with Gasteiger partial charge in [-0.2, -0.15) is 9.74 Å². The average molecular weight is 399 g/mol. The maximum Gasteiger partial charge on any atom is 0.425 e. The summed E-state index contributed by atoms with van der Waals surface area (Å²) >= 11 is 0. The Kier molecular flexibility index (Phi) is 8.37. The number of aliphatic hydroxyl groups excluding tert-OH is 1. The maximum atomic E-state index is 12.7. The summed E-state index contributed by atoms with van der Waals surface area (Å²) < 4.78 is -0.793. The summed E-state index contributed by atoms with van der Waals surface area (Å²) in [7, 11) is 1.35. The smallest absolute Gasteiger partial charge is 0.425 e. The molecule has 3 atom stereocenters. The van der Waals surface area contributed by atoms with Crippen molar-refractivity contribution < 1.29 is 24.3 Å². The third-order valence-corrected chi connectivity index (χ3v) is 5.30. The van der Waals surface area contributed by atoms with Gasteiger partial charge in [-0.05, 0) is 18.4 Å². The molecule has 1 aliphatic heterocycles. The van der Waals surface area contributed by atoms with Crippen LogP contribution in [0.25, 0.3) is 0 Å². The van der Waals surface area contributed by atoms with Gasteiger partial charge in [0.05, 0.1) is 19.2 Å². The largest absolute Gasteiger partial charge is 0.498 e. The first-order chi connectivity index (χ1) is 13.9. The quantitative estimate of drug-likeness (QED) is 0.369. The van der Waals surface area contributed by atoms with Crippen LogP contribution in [0.1, 0.15) is 37.7 Å². The van der Waals surface area contributed by atoms with E-state index in [2.05, 4.69) is 6.07 Å². The number of benzene rings is 1. The van der Waals surface area contributed by atoms with Crippen LogP contribution in [0.5, 0.6) is 0 Å². The molecule has 156 valence electrons. The minimum atomic E-state index is -1.42. The highest BCUT2D eigenvalue weighted by Gasteiger charge is 2.50. The number of carbonyl (C=O) groups is 2. The van der Waals surface area contributed by atoms with Gasteiger partial charge in [-0.15, -0.1) is 0 Å². The number of amides is 3. The minimum absolute atomic E-state index is 0.0736. The topological polar surface area (TPSA) is 104 Å². The van der Waals surface area contributed by atoms with Gasteiger partial charge in [0.1, 0.15) is 12.6 Å². The number of rotatable bonds is 10. The number of nitriles is 1. The van der Waals surface area contributed by atoms with E-state index < -0.39 is 28.8 Å². The summed E-state index contributed by atoms with van der Waals surface area (Å²) in [5, 5.41) is 30.4. The van der Waals surface area contributed by atoms with Gasteiger partial charge in [0.15, 0.2) is 0 Å². The Hall–Kier alpha value is -2.69. The number of hydrogen-bond acceptors (Lipinski definition) is 5. The summed E-state index contributed by atoms with van der Waals surface area (Å²) in [5.41, 5.74) is 0.997. The highest BCUT2D eigenvalue weighted by atomic mass is 16.4. The van der Waals surface area contributed by atoms with Crippen LogP contribution in [0.3, 0.4) is 0 Å². The van der Waals surface area contributed by atoms with E-state index in [1.165, 1.54) is 7.05 Å². The highest BCUT2D eigenvalue weighted by Crippen LogP contribution is 2.24. The van der Waals surface area contributed by atoms with E-state index in [4.69, 9.17) is 5.26 Å². The first-order valence-corrected chi connectivity index (χ1v) is 10.0. The number of carboxylic acid groups (broad SMARTS) is 1. The van der Waals surface area contributed by atoms with Gasteiger partial charge in [-0.1, -0.05) is 55.3 Å². The summed E-state index contributed by atoms with van der Waals surface area (Å²) in [6.07, 6.45) is 5.52. The number of hydrogen-bond donors (Lipinski definition) is 1. The van der Waals surface area contributed by atoms with E-state index in [1.807, 2.05) is 30.3 Å². The lowest BCUT2D eigenvalue weighted by molar-refractivity contribution is -0.771. The summed E-state index contributed by atoms with van der Waals surface area (Å²) in [5.74, 6) is 0. The molecule has 0 saturated carbocycles. The van der Waals surface area contributed by atoms with E-state index >= 15 is 0 Å². The zero-order valence-corrected chi connectivity index (χ0v) is 16.9. The fraction of sp³-hybridized carbons (Fsp3) is 0.500. The Morgan fingerprint density at radius 1 is 1.34 bits per heavy atom. The normalized spacial score (nSPS) is 22.7. The molecule has 0 bridgehead atoms. The van der Waals surface area contributed by atoms with Crippen LogP contribution in [-0.2, 0) is 6.42 Å². The van der Waals surface area contributed by atoms with Crippen LogP contribution in [-0.4, -0.2) is 58.9 Å². The number of aliphatic hydroxyl groups is 1. The molecule has 1 N–H and O–H groups in total. The van der Waals surface area contributed by atoms with Gasteiger partial charge in [0.25, 0.3) is 6.09 Å². The van der Waals surface area contributed by atoms with Crippen molar-refractivity contribution >= 4 is 12.1 Å².